The second-order valence-corrected chi connectivity index (χ2v) is 8.49. The molecule has 6 aliphatic rings. The molecule has 0 heteroatoms. The second kappa shape index (κ2) is 263. The molecule has 0 nitrogen and oxygen atoms in total. The molecule has 0 unspecified atom stereocenters. The molecule has 0 bridgehead atoms. The summed E-state index contributed by atoms with van der Waals surface area (Å²) in [6, 6.07) is 0. The Balaban J connectivity index is -0.00000000761. The van der Waals surface area contributed by atoms with E-state index in [9.17, 15) is 0 Å². The Morgan fingerprint density at radius 1 is 0.0909 bits per heavy atom. The molecule has 55 heavy (non-hydrogen) atoms. The molecule has 0 heterocycles. The lowest BCUT2D eigenvalue weighted by Crippen LogP contribution is -1.85. The van der Waals surface area contributed by atoms with E-state index >= 15 is 0 Å². The van der Waals surface area contributed by atoms with Gasteiger partial charge in [-0.2, -0.15) is 0 Å². The highest BCUT2D eigenvalue weighted by Gasteiger charge is 1.97. The molecular weight excluding hydrogens is 661 g/mol. The van der Waals surface area contributed by atoms with Gasteiger partial charge in [0.2, 0.25) is 0 Å². The van der Waals surface area contributed by atoms with E-state index in [0.717, 1.165) is 0 Å². The van der Waals surface area contributed by atoms with Crippen LogP contribution in [0.5, 0.6) is 0 Å². The first-order valence-corrected chi connectivity index (χ1v) is 18.0. The topological polar surface area (TPSA) is 0 Å². The van der Waals surface area contributed by atoms with Gasteiger partial charge in [-0.3, -0.25) is 0 Å². The van der Waals surface area contributed by atoms with Gasteiger partial charge in [0.15, 0.2) is 0 Å². The lowest BCUT2D eigenvalue weighted by atomic mass is 10.0. The largest absolute Gasteiger partial charge is 0.0776 e. The van der Waals surface area contributed by atoms with Gasteiger partial charge in [0.1, 0.15) is 0 Å². The van der Waals surface area contributed by atoms with E-state index in [1.165, 1.54) is 154 Å². The molecule has 0 aromatic rings. The maximum atomic E-state index is 2.00. The lowest BCUT2D eigenvalue weighted by molar-refractivity contribution is 0.504. The number of hydrogen-bond donors (Lipinski definition) is 0. The van der Waals surface area contributed by atoms with Gasteiger partial charge in [-0.05, 0) is 0 Å². The van der Waals surface area contributed by atoms with Crippen LogP contribution in [0.2, 0.25) is 0 Å². The summed E-state index contributed by atoms with van der Waals surface area (Å²) in [5, 5.41) is 0. The van der Waals surface area contributed by atoms with Crippen molar-refractivity contribution in [1.82, 2.24) is 0 Å². The summed E-state index contributed by atoms with van der Waals surface area (Å²) in [4.78, 5) is 0. The predicted octanol–water partition coefficient (Wildman–Crippen LogP) is 27.6. The fourth-order valence-corrected chi connectivity index (χ4v) is 1.50. The third-order valence-electron chi connectivity index (χ3n) is 6.00. The van der Waals surface area contributed by atoms with E-state index in [1.54, 1.807) is 0 Å². The minimum absolute atomic E-state index is 0. The summed E-state index contributed by atoms with van der Waals surface area (Å²) in [6.07, 6.45) is 36.0. The average Bonchev–Trinajstić information content (AvgIpc) is 2.69. The molecule has 0 radical (unpaired) electrons. The highest BCUT2D eigenvalue weighted by Crippen LogP contribution is 2.17. The minimum atomic E-state index is 0. The first-order chi connectivity index (χ1) is 18.0. The smallest absolute Gasteiger partial charge is 0.0533 e. The summed E-state index contributed by atoms with van der Waals surface area (Å²) in [5.41, 5.74) is 0. The molecule has 0 spiro atoms. The SMILES string of the molecule is C.C.C.C.C.C.C.C.C.C.C.C.C.C.C.C.C.C.C.C1CCC1.C1CCC1.C1CCC1.C1CCC1.C1CCC1.C1CCC1.CC.CC.CC.CC.CC.CC. The van der Waals surface area contributed by atoms with Crippen LogP contribution in [0.25, 0.3) is 0 Å². The average molecular weight is 822 g/mol. The fourth-order valence-electron chi connectivity index (χ4n) is 1.50. The lowest BCUT2D eigenvalue weighted by Gasteiger charge is -2.05. The zero-order chi connectivity index (χ0) is 29.0. The van der Waals surface area contributed by atoms with Crippen molar-refractivity contribution in [3.8, 4) is 0 Å². The molecule has 380 valence electrons. The Bertz CT molecular complexity index is 110. The standard InChI is InChI=1S/6C4H8.6C2H6.19CH4/c6*1-2-4-3-1;6*1-2;;;;;;;;;;;;;;;;;;;/h6*1-4H2;6*1-2H3;19*1H4. The Labute approximate surface area is 377 Å². The van der Waals surface area contributed by atoms with Crippen LogP contribution < -0.4 is 0 Å². The van der Waals surface area contributed by atoms with Gasteiger partial charge in [-0.15, -0.1) is 0 Å². The highest BCUT2D eigenvalue weighted by molar-refractivity contribution is 4.52. The molecule has 0 aliphatic heterocycles. The van der Waals surface area contributed by atoms with E-state index in [4.69, 9.17) is 0 Å². The molecule has 0 saturated heterocycles. The molecule has 0 atom stereocenters. The first kappa shape index (κ1) is 178. The van der Waals surface area contributed by atoms with Crippen molar-refractivity contribution in [2.45, 2.75) is 378 Å². The monoisotopic (exact) mass is 821 g/mol. The highest BCUT2D eigenvalue weighted by atomic mass is 14.0. The molecule has 6 fully saturated rings. The van der Waals surface area contributed by atoms with Crippen LogP contribution in [0.4, 0.5) is 0 Å². The van der Waals surface area contributed by atoms with E-state index in [1.807, 2.05) is 83.1 Å². The molecule has 6 saturated carbocycles. The third-order valence-corrected chi connectivity index (χ3v) is 6.00. The van der Waals surface area contributed by atoms with E-state index in [2.05, 4.69) is 0 Å². The Hall–Kier alpha value is 0. The summed E-state index contributed by atoms with van der Waals surface area (Å²) in [5.74, 6) is 0. The van der Waals surface area contributed by atoms with E-state index in [0.29, 0.717) is 0 Å². The molecule has 0 aromatic heterocycles. The van der Waals surface area contributed by atoms with Gasteiger partial charge >= 0.3 is 0 Å². The Morgan fingerprint density at radius 3 is 0.109 bits per heavy atom. The molecule has 0 aromatic carbocycles. The quantitative estimate of drug-likeness (QED) is 0.228. The Kier molecular flexibility index (Phi) is 853. The molecule has 6 aliphatic carbocycles. The predicted molar refractivity (Wildman–Crippen MR) is 307 cm³/mol. The zero-order valence-corrected chi connectivity index (χ0v) is 29.0. The van der Waals surface area contributed by atoms with Crippen molar-refractivity contribution in [3.05, 3.63) is 0 Å². The van der Waals surface area contributed by atoms with Crippen molar-refractivity contribution in [1.29, 1.82) is 0 Å². The summed E-state index contributed by atoms with van der Waals surface area (Å²) >= 11 is 0. The Morgan fingerprint density at radius 2 is 0.109 bits per heavy atom. The van der Waals surface area contributed by atoms with Crippen LogP contribution in [0.3, 0.4) is 0 Å². The van der Waals surface area contributed by atoms with E-state index < -0.39 is 0 Å². The van der Waals surface area contributed by atoms with Crippen molar-refractivity contribution in [2.75, 3.05) is 0 Å². The normalized spacial score (nSPS) is 11.1. The fraction of sp³-hybridized carbons (Fsp3) is 1.00. The van der Waals surface area contributed by atoms with E-state index in [-0.39, 0.29) is 141 Å². The minimum Gasteiger partial charge on any atom is -0.0776 e. The zero-order valence-electron chi connectivity index (χ0n) is 29.0. The second-order valence-electron chi connectivity index (χ2n) is 8.49. The van der Waals surface area contributed by atoms with Crippen molar-refractivity contribution in [2.24, 2.45) is 0 Å². The van der Waals surface area contributed by atoms with Gasteiger partial charge in [0.25, 0.3) is 0 Å². The van der Waals surface area contributed by atoms with Gasteiger partial charge < -0.3 is 0 Å². The number of rotatable bonds is 0. The maximum absolute atomic E-state index is 2.00. The van der Waals surface area contributed by atoms with Crippen LogP contribution in [0.1, 0.15) is 378 Å². The molecular formula is C55H160. The van der Waals surface area contributed by atoms with Gasteiger partial charge in [0.05, 0.1) is 0 Å². The van der Waals surface area contributed by atoms with Crippen LogP contribution >= 0.6 is 0 Å². The summed E-state index contributed by atoms with van der Waals surface area (Å²) in [7, 11) is 0. The molecule has 0 amide bonds. The van der Waals surface area contributed by atoms with Crippen LogP contribution in [-0.4, -0.2) is 0 Å². The van der Waals surface area contributed by atoms with Crippen molar-refractivity contribution >= 4 is 0 Å². The van der Waals surface area contributed by atoms with Crippen LogP contribution in [0.15, 0.2) is 0 Å². The van der Waals surface area contributed by atoms with Gasteiger partial charge in [-0.1, -0.05) is 378 Å². The van der Waals surface area contributed by atoms with Gasteiger partial charge in [-0.25, -0.2) is 0 Å². The number of hydrogen-bond acceptors (Lipinski definition) is 0. The van der Waals surface area contributed by atoms with Crippen molar-refractivity contribution in [3.63, 3.8) is 0 Å². The summed E-state index contributed by atoms with van der Waals surface area (Å²) < 4.78 is 0. The molecule has 6 rings (SSSR count). The van der Waals surface area contributed by atoms with Gasteiger partial charge in [0, 0.05) is 0 Å². The maximum Gasteiger partial charge on any atom is -0.0533 e. The third kappa shape index (κ3) is 254. The first-order valence-electron chi connectivity index (χ1n) is 18.0. The summed E-state index contributed by atoms with van der Waals surface area (Å²) in [6.45, 7) is 24.0. The van der Waals surface area contributed by atoms with Crippen LogP contribution in [0, 0.1) is 0 Å². The van der Waals surface area contributed by atoms with Crippen molar-refractivity contribution < 1.29 is 0 Å². The van der Waals surface area contributed by atoms with Crippen LogP contribution in [-0.2, 0) is 0 Å². The molecule has 0 N–H and O–H groups in total.